The molecular weight excluding hydrogens is 350 g/mol. The van der Waals surface area contributed by atoms with Gasteiger partial charge in [-0.15, -0.1) is 0 Å². The normalized spacial score (nSPS) is 10.9. The summed E-state index contributed by atoms with van der Waals surface area (Å²) in [7, 11) is 0. The lowest BCUT2D eigenvalue weighted by Crippen LogP contribution is -2.16. The summed E-state index contributed by atoms with van der Waals surface area (Å²) in [6, 6.07) is 16.7. The molecule has 5 nitrogen and oxygen atoms in total. The predicted octanol–water partition coefficient (Wildman–Crippen LogP) is 4.17. The van der Waals surface area contributed by atoms with Gasteiger partial charge in [-0.1, -0.05) is 42.5 Å². The number of aliphatic carboxylic acids is 1. The Balaban J connectivity index is 1.80. The zero-order chi connectivity index (χ0) is 19.9. The predicted molar refractivity (Wildman–Crippen MR) is 111 cm³/mol. The largest absolute Gasteiger partial charge is 0.481 e. The smallest absolute Gasteiger partial charge is 0.303 e. The Hall–Kier alpha value is -2.92. The summed E-state index contributed by atoms with van der Waals surface area (Å²) in [6.45, 7) is 6.28. The van der Waals surface area contributed by atoms with E-state index in [9.17, 15) is 4.79 Å². The molecule has 0 aliphatic heterocycles. The van der Waals surface area contributed by atoms with E-state index in [2.05, 4.69) is 55.7 Å². The number of rotatable bonds is 9. The molecule has 1 aromatic heterocycles. The zero-order valence-corrected chi connectivity index (χ0v) is 16.5. The van der Waals surface area contributed by atoms with Crippen molar-refractivity contribution < 1.29 is 9.90 Å². The molecule has 3 rings (SSSR count). The lowest BCUT2D eigenvalue weighted by molar-refractivity contribution is -0.137. The van der Waals surface area contributed by atoms with Gasteiger partial charge in [0.1, 0.15) is 0 Å². The molecule has 0 spiro atoms. The Morgan fingerprint density at radius 1 is 1.11 bits per heavy atom. The first kappa shape index (κ1) is 19.8. The molecule has 0 aliphatic carbocycles. The Morgan fingerprint density at radius 2 is 1.89 bits per heavy atom. The van der Waals surface area contributed by atoms with E-state index in [0.717, 1.165) is 23.4 Å². The molecule has 3 aromatic rings. The van der Waals surface area contributed by atoms with Crippen LogP contribution in [0.25, 0.3) is 11.3 Å². The number of nitrogens with one attached hydrogen (secondary N) is 1. The first-order valence-electron chi connectivity index (χ1n) is 9.63. The maximum atomic E-state index is 10.7. The van der Waals surface area contributed by atoms with E-state index in [4.69, 9.17) is 10.2 Å². The Kier molecular flexibility index (Phi) is 6.61. The summed E-state index contributed by atoms with van der Waals surface area (Å²) in [4.78, 5) is 10.7. The van der Waals surface area contributed by atoms with Gasteiger partial charge in [0, 0.05) is 30.3 Å². The summed E-state index contributed by atoms with van der Waals surface area (Å²) < 4.78 is 1.98. The third-order valence-corrected chi connectivity index (χ3v) is 4.86. The number of hydrogen-bond acceptors (Lipinski definition) is 3. The standard InChI is InChI=1S/C23H27N3O2/c1-17-10-11-20(13-18(17)2)23-21(14-24-12-6-9-22(27)28)16-26(25-23)15-19-7-4-3-5-8-19/h3-5,7-8,10-11,13,16,24H,6,9,12,14-15H2,1-2H3,(H,27,28). The molecule has 0 amide bonds. The highest BCUT2D eigenvalue weighted by Gasteiger charge is 2.12. The van der Waals surface area contributed by atoms with Crippen molar-refractivity contribution in [1.29, 1.82) is 0 Å². The number of benzene rings is 2. The minimum absolute atomic E-state index is 0.185. The molecule has 146 valence electrons. The van der Waals surface area contributed by atoms with Gasteiger partial charge in [0.15, 0.2) is 0 Å². The van der Waals surface area contributed by atoms with E-state index in [1.54, 1.807) is 0 Å². The summed E-state index contributed by atoms with van der Waals surface area (Å²) in [6.07, 6.45) is 2.89. The number of aryl methyl sites for hydroxylation is 2. The van der Waals surface area contributed by atoms with Crippen molar-refractivity contribution in [2.75, 3.05) is 6.54 Å². The molecule has 0 atom stereocenters. The van der Waals surface area contributed by atoms with Crippen LogP contribution < -0.4 is 5.32 Å². The fourth-order valence-corrected chi connectivity index (χ4v) is 3.16. The van der Waals surface area contributed by atoms with Crippen LogP contribution in [0, 0.1) is 13.8 Å². The minimum Gasteiger partial charge on any atom is -0.481 e. The first-order chi connectivity index (χ1) is 13.5. The van der Waals surface area contributed by atoms with Crippen LogP contribution in [-0.4, -0.2) is 27.4 Å². The molecule has 0 fully saturated rings. The molecule has 0 radical (unpaired) electrons. The lowest BCUT2D eigenvalue weighted by Gasteiger charge is -2.07. The van der Waals surface area contributed by atoms with Crippen LogP contribution in [0.4, 0.5) is 0 Å². The van der Waals surface area contributed by atoms with Gasteiger partial charge in [0.25, 0.3) is 0 Å². The second kappa shape index (κ2) is 9.33. The van der Waals surface area contributed by atoms with Crippen molar-refractivity contribution in [1.82, 2.24) is 15.1 Å². The molecule has 0 unspecified atom stereocenters. The maximum Gasteiger partial charge on any atom is 0.303 e. The molecule has 0 saturated heterocycles. The molecule has 5 heteroatoms. The fourth-order valence-electron chi connectivity index (χ4n) is 3.16. The molecule has 2 N–H and O–H groups in total. The maximum absolute atomic E-state index is 10.7. The van der Waals surface area contributed by atoms with Gasteiger partial charge in [0.05, 0.1) is 12.2 Å². The van der Waals surface area contributed by atoms with Crippen molar-refractivity contribution in [2.45, 2.75) is 39.8 Å². The van der Waals surface area contributed by atoms with Crippen LogP contribution >= 0.6 is 0 Å². The summed E-state index contributed by atoms with van der Waals surface area (Å²) >= 11 is 0. The van der Waals surface area contributed by atoms with E-state index in [1.165, 1.54) is 16.7 Å². The monoisotopic (exact) mass is 377 g/mol. The summed E-state index contributed by atoms with van der Waals surface area (Å²) in [5.41, 5.74) is 6.92. The van der Waals surface area contributed by atoms with Crippen LogP contribution in [0.15, 0.2) is 54.7 Å². The van der Waals surface area contributed by atoms with Gasteiger partial charge >= 0.3 is 5.97 Å². The topological polar surface area (TPSA) is 67.2 Å². The number of hydrogen-bond donors (Lipinski definition) is 2. The number of carboxylic acid groups (broad SMARTS) is 1. The molecule has 0 bridgehead atoms. The number of carboxylic acids is 1. The average molecular weight is 377 g/mol. The van der Waals surface area contributed by atoms with Crippen LogP contribution in [-0.2, 0) is 17.9 Å². The second-order valence-corrected chi connectivity index (χ2v) is 7.16. The van der Waals surface area contributed by atoms with Crippen LogP contribution in [0.1, 0.15) is 35.1 Å². The highest BCUT2D eigenvalue weighted by atomic mass is 16.4. The van der Waals surface area contributed by atoms with E-state index in [0.29, 0.717) is 19.5 Å². The molecule has 28 heavy (non-hydrogen) atoms. The van der Waals surface area contributed by atoms with Gasteiger partial charge < -0.3 is 10.4 Å². The van der Waals surface area contributed by atoms with Crippen molar-refractivity contribution >= 4 is 5.97 Å². The molecule has 2 aromatic carbocycles. The van der Waals surface area contributed by atoms with Crippen molar-refractivity contribution in [3.05, 3.63) is 77.0 Å². The molecule has 1 heterocycles. The van der Waals surface area contributed by atoms with Crippen molar-refractivity contribution in [3.63, 3.8) is 0 Å². The quantitative estimate of drug-likeness (QED) is 0.549. The van der Waals surface area contributed by atoms with Gasteiger partial charge in [0.2, 0.25) is 0 Å². The minimum atomic E-state index is -0.756. The lowest BCUT2D eigenvalue weighted by atomic mass is 10.0. The molecule has 0 saturated carbocycles. The Labute approximate surface area is 166 Å². The fraction of sp³-hybridized carbons (Fsp3) is 0.304. The van der Waals surface area contributed by atoms with Crippen LogP contribution in [0.2, 0.25) is 0 Å². The highest BCUT2D eigenvalue weighted by molar-refractivity contribution is 5.66. The zero-order valence-electron chi connectivity index (χ0n) is 16.5. The van der Waals surface area contributed by atoms with E-state index in [-0.39, 0.29) is 6.42 Å². The number of carbonyl (C=O) groups is 1. The average Bonchev–Trinajstić information content (AvgIpc) is 3.07. The number of nitrogens with zero attached hydrogens (tertiary/aromatic N) is 2. The number of aromatic nitrogens is 2. The Morgan fingerprint density at radius 3 is 2.61 bits per heavy atom. The molecule has 0 aliphatic rings. The van der Waals surface area contributed by atoms with E-state index >= 15 is 0 Å². The van der Waals surface area contributed by atoms with Gasteiger partial charge in [-0.2, -0.15) is 5.10 Å². The van der Waals surface area contributed by atoms with Crippen LogP contribution in [0.3, 0.4) is 0 Å². The van der Waals surface area contributed by atoms with E-state index < -0.39 is 5.97 Å². The van der Waals surface area contributed by atoms with Gasteiger partial charge in [-0.25, -0.2) is 0 Å². The highest BCUT2D eigenvalue weighted by Crippen LogP contribution is 2.25. The van der Waals surface area contributed by atoms with Crippen molar-refractivity contribution in [2.24, 2.45) is 0 Å². The summed E-state index contributed by atoms with van der Waals surface area (Å²) in [5.74, 6) is -0.756. The van der Waals surface area contributed by atoms with Crippen LogP contribution in [0.5, 0.6) is 0 Å². The third kappa shape index (κ3) is 5.30. The second-order valence-electron chi connectivity index (χ2n) is 7.16. The van der Waals surface area contributed by atoms with Gasteiger partial charge in [-0.3, -0.25) is 9.48 Å². The van der Waals surface area contributed by atoms with E-state index in [1.807, 2.05) is 22.9 Å². The SMILES string of the molecule is Cc1ccc(-c2nn(Cc3ccccc3)cc2CNCCCC(=O)O)cc1C. The summed E-state index contributed by atoms with van der Waals surface area (Å²) in [5, 5.41) is 17.0. The van der Waals surface area contributed by atoms with Crippen molar-refractivity contribution in [3.8, 4) is 11.3 Å². The molecular formula is C23H27N3O2. The third-order valence-electron chi connectivity index (χ3n) is 4.86. The first-order valence-corrected chi connectivity index (χ1v) is 9.63. The van der Waals surface area contributed by atoms with Gasteiger partial charge in [-0.05, 0) is 49.6 Å². The Bertz CT molecular complexity index is 932.